The molecule has 0 unspecified atom stereocenters. The number of hydrogen-bond acceptors (Lipinski definition) is 3. The van der Waals surface area contributed by atoms with Crippen LogP contribution < -0.4 is 5.32 Å². The van der Waals surface area contributed by atoms with Crippen LogP contribution >= 0.6 is 0 Å². The highest BCUT2D eigenvalue weighted by Crippen LogP contribution is 2.22. The molecular weight excluding hydrogens is 316 g/mol. The van der Waals surface area contributed by atoms with Crippen LogP contribution in [0.5, 0.6) is 0 Å². The van der Waals surface area contributed by atoms with Crippen LogP contribution in [-0.4, -0.2) is 35.1 Å². The van der Waals surface area contributed by atoms with E-state index in [2.05, 4.69) is 5.32 Å². The first kappa shape index (κ1) is 19.2. The molecule has 1 aliphatic rings. The van der Waals surface area contributed by atoms with Gasteiger partial charge >= 0.3 is 0 Å². The van der Waals surface area contributed by atoms with Gasteiger partial charge in [-0.05, 0) is 44.0 Å². The summed E-state index contributed by atoms with van der Waals surface area (Å²) >= 11 is 0. The third kappa shape index (κ3) is 6.00. The summed E-state index contributed by atoms with van der Waals surface area (Å²) in [5, 5.41) is 2.83. The third-order valence-electron chi connectivity index (χ3n) is 4.82. The molecule has 0 atom stereocenters. The molecule has 1 aliphatic carbocycles. The minimum Gasteiger partial charge on any atom is -0.339 e. The lowest BCUT2D eigenvalue weighted by Crippen LogP contribution is -2.40. The van der Waals surface area contributed by atoms with Gasteiger partial charge in [-0.25, -0.2) is 0 Å². The molecule has 0 spiro atoms. The number of benzene rings is 1. The van der Waals surface area contributed by atoms with Crippen LogP contribution in [0.2, 0.25) is 0 Å². The van der Waals surface area contributed by atoms with Crippen molar-refractivity contribution in [2.75, 3.05) is 11.9 Å². The van der Waals surface area contributed by atoms with E-state index in [1.54, 1.807) is 31.2 Å². The number of carbonyl (C=O) groups is 3. The van der Waals surface area contributed by atoms with Crippen LogP contribution in [0.3, 0.4) is 0 Å². The molecule has 1 aromatic carbocycles. The Balaban J connectivity index is 1.87. The predicted molar refractivity (Wildman–Crippen MR) is 98.6 cm³/mol. The van der Waals surface area contributed by atoms with Crippen molar-refractivity contribution in [3.63, 3.8) is 0 Å². The van der Waals surface area contributed by atoms with Crippen molar-refractivity contribution in [3.05, 3.63) is 29.8 Å². The smallest absolute Gasteiger partial charge is 0.226 e. The Labute approximate surface area is 149 Å². The second-order valence-corrected chi connectivity index (χ2v) is 6.79. The van der Waals surface area contributed by atoms with Gasteiger partial charge in [-0.15, -0.1) is 0 Å². The zero-order valence-corrected chi connectivity index (χ0v) is 15.2. The van der Waals surface area contributed by atoms with Crippen molar-refractivity contribution in [2.45, 2.75) is 64.8 Å². The van der Waals surface area contributed by atoms with Gasteiger partial charge in [-0.3, -0.25) is 14.4 Å². The van der Waals surface area contributed by atoms with E-state index >= 15 is 0 Å². The molecule has 1 N–H and O–H groups in total. The fourth-order valence-electron chi connectivity index (χ4n) is 3.40. The highest BCUT2D eigenvalue weighted by atomic mass is 16.2. The van der Waals surface area contributed by atoms with Gasteiger partial charge in [0.2, 0.25) is 11.8 Å². The molecule has 25 heavy (non-hydrogen) atoms. The Morgan fingerprint density at radius 3 is 2.12 bits per heavy atom. The van der Waals surface area contributed by atoms with Crippen molar-refractivity contribution >= 4 is 23.3 Å². The lowest BCUT2D eigenvalue weighted by atomic mass is 10.1. The predicted octanol–water partition coefficient (Wildman–Crippen LogP) is 3.79. The first-order valence-corrected chi connectivity index (χ1v) is 9.15. The number of ketones is 1. The fourth-order valence-corrected chi connectivity index (χ4v) is 3.40. The van der Waals surface area contributed by atoms with Crippen molar-refractivity contribution in [3.8, 4) is 0 Å². The van der Waals surface area contributed by atoms with Crippen molar-refractivity contribution in [2.24, 2.45) is 0 Å². The standard InChI is InChI=1S/C20H28N2O3/c1-15(23)17-9-11-18(12-10-17)21-20(25)13-14-22(16(2)24)19-7-5-3-4-6-8-19/h9-12,19H,3-8,13-14H2,1-2H3,(H,21,25). The minimum absolute atomic E-state index is 0.00150. The second-order valence-electron chi connectivity index (χ2n) is 6.79. The van der Waals surface area contributed by atoms with Gasteiger partial charge in [0.25, 0.3) is 0 Å². The van der Waals surface area contributed by atoms with Gasteiger partial charge in [-0.2, -0.15) is 0 Å². The maximum atomic E-state index is 12.2. The zero-order chi connectivity index (χ0) is 18.2. The molecule has 5 heteroatoms. The van der Waals surface area contributed by atoms with Crippen LogP contribution in [0.4, 0.5) is 5.69 Å². The number of rotatable bonds is 6. The summed E-state index contributed by atoms with van der Waals surface area (Å²) in [6, 6.07) is 7.12. The van der Waals surface area contributed by atoms with Gasteiger partial charge in [0.15, 0.2) is 5.78 Å². The first-order valence-electron chi connectivity index (χ1n) is 9.15. The van der Waals surface area contributed by atoms with Crippen LogP contribution in [-0.2, 0) is 9.59 Å². The molecular formula is C20H28N2O3. The Hall–Kier alpha value is -2.17. The van der Waals surface area contributed by atoms with E-state index in [1.165, 1.54) is 19.8 Å². The lowest BCUT2D eigenvalue weighted by Gasteiger charge is -2.30. The molecule has 136 valence electrons. The Kier molecular flexibility index (Phi) is 7.16. The van der Waals surface area contributed by atoms with E-state index in [9.17, 15) is 14.4 Å². The maximum absolute atomic E-state index is 12.2. The fraction of sp³-hybridized carbons (Fsp3) is 0.550. The van der Waals surface area contributed by atoms with Crippen molar-refractivity contribution in [1.82, 2.24) is 4.90 Å². The minimum atomic E-state index is -0.115. The summed E-state index contributed by atoms with van der Waals surface area (Å²) in [4.78, 5) is 37.3. The van der Waals surface area contributed by atoms with Gasteiger partial charge in [-0.1, -0.05) is 25.7 Å². The van der Waals surface area contributed by atoms with Crippen LogP contribution in [0.1, 0.15) is 69.2 Å². The second kappa shape index (κ2) is 9.35. The number of anilines is 1. The summed E-state index contributed by atoms with van der Waals surface area (Å²) in [7, 11) is 0. The summed E-state index contributed by atoms with van der Waals surface area (Å²) in [6.07, 6.45) is 7.14. The van der Waals surface area contributed by atoms with Gasteiger partial charge < -0.3 is 10.2 Å². The molecule has 5 nitrogen and oxygen atoms in total. The molecule has 2 rings (SSSR count). The van der Waals surface area contributed by atoms with Gasteiger partial charge in [0, 0.05) is 37.2 Å². The molecule has 0 aromatic heterocycles. The topological polar surface area (TPSA) is 66.5 Å². The van der Waals surface area contributed by atoms with E-state index in [0.29, 0.717) is 17.8 Å². The number of hydrogen-bond donors (Lipinski definition) is 1. The van der Waals surface area contributed by atoms with Crippen LogP contribution in [0, 0.1) is 0 Å². The largest absolute Gasteiger partial charge is 0.339 e. The van der Waals surface area contributed by atoms with Crippen LogP contribution in [0.25, 0.3) is 0 Å². The highest BCUT2D eigenvalue weighted by molar-refractivity contribution is 5.95. The van der Waals surface area contributed by atoms with E-state index in [-0.39, 0.29) is 30.1 Å². The SMILES string of the molecule is CC(=O)c1ccc(NC(=O)CCN(C(C)=O)C2CCCCCC2)cc1. The first-order chi connectivity index (χ1) is 12.0. The van der Waals surface area contributed by atoms with E-state index in [0.717, 1.165) is 25.7 Å². The van der Waals surface area contributed by atoms with Crippen molar-refractivity contribution < 1.29 is 14.4 Å². The van der Waals surface area contributed by atoms with Gasteiger partial charge in [0.05, 0.1) is 0 Å². The van der Waals surface area contributed by atoms with E-state index in [1.807, 2.05) is 4.90 Å². The Bertz CT molecular complexity index is 602. The average Bonchev–Trinajstić information content (AvgIpc) is 2.84. The number of carbonyl (C=O) groups excluding carboxylic acids is 3. The van der Waals surface area contributed by atoms with Gasteiger partial charge in [0.1, 0.15) is 0 Å². The molecule has 1 aromatic rings. The van der Waals surface area contributed by atoms with Crippen LogP contribution in [0.15, 0.2) is 24.3 Å². The monoisotopic (exact) mass is 344 g/mol. The molecule has 1 saturated carbocycles. The Morgan fingerprint density at radius 1 is 1.00 bits per heavy atom. The summed E-state index contributed by atoms with van der Waals surface area (Å²) in [5.41, 5.74) is 1.29. The third-order valence-corrected chi connectivity index (χ3v) is 4.82. The molecule has 1 fully saturated rings. The summed E-state index contributed by atoms with van der Waals surface area (Å²) in [6.45, 7) is 3.55. The van der Waals surface area contributed by atoms with E-state index < -0.39 is 0 Å². The highest BCUT2D eigenvalue weighted by Gasteiger charge is 2.22. The zero-order valence-electron chi connectivity index (χ0n) is 15.2. The van der Waals surface area contributed by atoms with E-state index in [4.69, 9.17) is 0 Å². The quantitative estimate of drug-likeness (QED) is 0.631. The van der Waals surface area contributed by atoms with Crippen molar-refractivity contribution in [1.29, 1.82) is 0 Å². The maximum Gasteiger partial charge on any atom is 0.226 e. The molecule has 0 radical (unpaired) electrons. The molecule has 0 saturated heterocycles. The number of nitrogens with one attached hydrogen (secondary N) is 1. The number of amides is 2. The normalized spacial score (nSPS) is 15.3. The molecule has 2 amide bonds. The molecule has 0 aliphatic heterocycles. The Morgan fingerprint density at radius 2 is 1.60 bits per heavy atom. The summed E-state index contributed by atoms with van der Waals surface area (Å²) in [5.74, 6) is -0.0701. The molecule has 0 heterocycles. The lowest BCUT2D eigenvalue weighted by molar-refractivity contribution is -0.131. The average molecular weight is 344 g/mol. The summed E-state index contributed by atoms with van der Waals surface area (Å²) < 4.78 is 0. The molecule has 0 bridgehead atoms. The number of Topliss-reactive ketones (excluding diaryl/α,β-unsaturated/α-hetero) is 1. The number of nitrogens with zero attached hydrogens (tertiary/aromatic N) is 1.